The van der Waals surface area contributed by atoms with Crippen LogP contribution in [0.4, 0.5) is 0 Å². The molecule has 0 aliphatic rings. The van der Waals surface area contributed by atoms with Crippen molar-refractivity contribution in [2.24, 2.45) is 0 Å². The molecule has 58 valence electrons. The predicted molar refractivity (Wildman–Crippen MR) is 51.1 cm³/mol. The van der Waals surface area contributed by atoms with Gasteiger partial charge >= 0.3 is 0 Å². The molecular weight excluding hydrogens is 140 g/mol. The van der Waals surface area contributed by atoms with Crippen molar-refractivity contribution in [3.05, 3.63) is 23.0 Å². The zero-order chi connectivity index (χ0) is 7.82. The first kappa shape index (κ1) is 9.83. The monoisotopic (exact) mass is 156 g/mol. The largest absolute Gasteiger partial charge is 0.103 e. The summed E-state index contributed by atoms with van der Waals surface area (Å²) in [6.07, 6.45) is 5.95. The number of rotatable bonds is 5. The maximum absolute atomic E-state index is 3.68. The lowest BCUT2D eigenvalue weighted by Gasteiger charge is -1.99. The molecule has 0 rings (SSSR count). The highest BCUT2D eigenvalue weighted by molar-refractivity contribution is 8.05. The Labute approximate surface area is 68.4 Å². The molecule has 0 fully saturated rings. The molecule has 0 aromatic rings. The molecular formula is C9H16S. The molecule has 0 saturated heterocycles. The quantitative estimate of drug-likeness (QED) is 0.580. The van der Waals surface area contributed by atoms with Crippen molar-refractivity contribution < 1.29 is 0 Å². The molecule has 0 unspecified atom stereocenters. The van der Waals surface area contributed by atoms with Crippen molar-refractivity contribution >= 4 is 11.8 Å². The Kier molecular flexibility index (Phi) is 6.83. The van der Waals surface area contributed by atoms with Crippen molar-refractivity contribution in [1.29, 1.82) is 0 Å². The van der Waals surface area contributed by atoms with Crippen LogP contribution in [-0.4, -0.2) is 0 Å². The van der Waals surface area contributed by atoms with E-state index in [1.165, 1.54) is 24.2 Å². The van der Waals surface area contributed by atoms with E-state index in [2.05, 4.69) is 26.5 Å². The smallest absolute Gasteiger partial charge is 0.0151 e. The molecule has 0 bridgehead atoms. The van der Waals surface area contributed by atoms with Crippen molar-refractivity contribution in [3.8, 4) is 0 Å². The molecule has 0 heterocycles. The van der Waals surface area contributed by atoms with Crippen LogP contribution in [0.15, 0.2) is 23.0 Å². The van der Waals surface area contributed by atoms with Gasteiger partial charge in [0.1, 0.15) is 0 Å². The van der Waals surface area contributed by atoms with E-state index in [4.69, 9.17) is 0 Å². The van der Waals surface area contributed by atoms with Crippen LogP contribution in [0.2, 0.25) is 0 Å². The molecule has 10 heavy (non-hydrogen) atoms. The van der Waals surface area contributed by atoms with Crippen LogP contribution in [0, 0.1) is 0 Å². The molecule has 0 spiro atoms. The Morgan fingerprint density at radius 3 is 2.70 bits per heavy atom. The topological polar surface area (TPSA) is 0 Å². The fourth-order valence-electron chi connectivity index (χ4n) is 0.729. The Balaban J connectivity index is 3.51. The van der Waals surface area contributed by atoms with Crippen LogP contribution in [0.1, 0.15) is 33.1 Å². The summed E-state index contributed by atoms with van der Waals surface area (Å²) in [5.74, 6) is 0. The third kappa shape index (κ3) is 4.68. The lowest BCUT2D eigenvalue weighted by atomic mass is 10.2. The Morgan fingerprint density at radius 2 is 2.30 bits per heavy atom. The van der Waals surface area contributed by atoms with Gasteiger partial charge in [-0.1, -0.05) is 26.0 Å². The van der Waals surface area contributed by atoms with E-state index in [9.17, 15) is 0 Å². The molecule has 0 atom stereocenters. The van der Waals surface area contributed by atoms with Gasteiger partial charge in [-0.3, -0.25) is 0 Å². The average Bonchev–Trinajstić information content (AvgIpc) is 1.98. The van der Waals surface area contributed by atoms with Crippen LogP contribution < -0.4 is 0 Å². The Hall–Kier alpha value is -0.170. The minimum Gasteiger partial charge on any atom is -0.103 e. The first-order valence-corrected chi connectivity index (χ1v) is 4.65. The summed E-state index contributed by atoms with van der Waals surface area (Å²) >= 11 is 1.74. The summed E-state index contributed by atoms with van der Waals surface area (Å²) in [5, 5.41) is 1.89. The van der Waals surface area contributed by atoms with Gasteiger partial charge in [-0.25, -0.2) is 0 Å². The fourth-order valence-corrected chi connectivity index (χ4v) is 1.34. The summed E-state index contributed by atoms with van der Waals surface area (Å²) in [7, 11) is 0. The van der Waals surface area contributed by atoms with Crippen LogP contribution in [0.3, 0.4) is 0 Å². The summed E-state index contributed by atoms with van der Waals surface area (Å²) in [4.78, 5) is 1.44. The molecule has 0 aliphatic heterocycles. The van der Waals surface area contributed by atoms with E-state index in [0.29, 0.717) is 0 Å². The molecule has 0 N–H and O–H groups in total. The minimum atomic E-state index is 1.21. The van der Waals surface area contributed by atoms with Gasteiger partial charge in [0, 0.05) is 0 Å². The van der Waals surface area contributed by atoms with Gasteiger partial charge < -0.3 is 0 Å². The van der Waals surface area contributed by atoms with Crippen molar-refractivity contribution in [2.75, 3.05) is 0 Å². The van der Waals surface area contributed by atoms with Crippen LogP contribution in [-0.2, 0) is 0 Å². The zero-order valence-corrected chi connectivity index (χ0v) is 7.71. The third-order valence-electron chi connectivity index (χ3n) is 1.33. The highest BCUT2D eigenvalue weighted by Crippen LogP contribution is 2.21. The zero-order valence-electron chi connectivity index (χ0n) is 6.89. The summed E-state index contributed by atoms with van der Waals surface area (Å²) < 4.78 is 0. The van der Waals surface area contributed by atoms with Gasteiger partial charge in [0.05, 0.1) is 0 Å². The van der Waals surface area contributed by atoms with E-state index in [-0.39, 0.29) is 0 Å². The average molecular weight is 156 g/mol. The lowest BCUT2D eigenvalue weighted by molar-refractivity contribution is 0.808. The van der Waals surface area contributed by atoms with Gasteiger partial charge in [0.25, 0.3) is 0 Å². The summed E-state index contributed by atoms with van der Waals surface area (Å²) in [5.41, 5.74) is 0. The number of hydrogen-bond acceptors (Lipinski definition) is 1. The first-order chi connectivity index (χ1) is 4.85. The number of allylic oxidation sites excluding steroid dienone is 2. The maximum atomic E-state index is 3.68. The van der Waals surface area contributed by atoms with E-state index < -0.39 is 0 Å². The molecule has 0 aromatic carbocycles. The van der Waals surface area contributed by atoms with E-state index >= 15 is 0 Å². The SMILES string of the molecule is C=CS/C(=C\C)CCCC. The third-order valence-corrected chi connectivity index (χ3v) is 2.24. The van der Waals surface area contributed by atoms with Crippen LogP contribution in [0.25, 0.3) is 0 Å². The molecule has 0 nitrogen and oxygen atoms in total. The van der Waals surface area contributed by atoms with Crippen LogP contribution in [0.5, 0.6) is 0 Å². The second-order valence-electron chi connectivity index (χ2n) is 2.14. The van der Waals surface area contributed by atoms with Gasteiger partial charge in [-0.05, 0) is 30.1 Å². The molecule has 0 amide bonds. The van der Waals surface area contributed by atoms with Gasteiger partial charge in [0.2, 0.25) is 0 Å². The van der Waals surface area contributed by atoms with Crippen molar-refractivity contribution in [2.45, 2.75) is 33.1 Å². The highest BCUT2D eigenvalue weighted by atomic mass is 32.2. The minimum absolute atomic E-state index is 1.21. The lowest BCUT2D eigenvalue weighted by Crippen LogP contribution is -1.74. The number of unbranched alkanes of at least 4 members (excludes halogenated alkanes) is 1. The van der Waals surface area contributed by atoms with E-state index in [1.54, 1.807) is 11.8 Å². The van der Waals surface area contributed by atoms with Crippen LogP contribution >= 0.6 is 11.8 Å². The van der Waals surface area contributed by atoms with E-state index in [0.717, 1.165) is 0 Å². The Bertz CT molecular complexity index is 114. The second kappa shape index (κ2) is 6.94. The molecule has 0 aliphatic carbocycles. The highest BCUT2D eigenvalue weighted by Gasteiger charge is 1.91. The maximum Gasteiger partial charge on any atom is -0.0151 e. The fraction of sp³-hybridized carbons (Fsp3) is 0.556. The predicted octanol–water partition coefficient (Wildman–Crippen LogP) is 3.96. The molecule has 0 aromatic heterocycles. The van der Waals surface area contributed by atoms with Gasteiger partial charge in [0.15, 0.2) is 0 Å². The van der Waals surface area contributed by atoms with E-state index in [1.807, 2.05) is 5.41 Å². The van der Waals surface area contributed by atoms with Crippen molar-refractivity contribution in [3.63, 3.8) is 0 Å². The molecule has 0 radical (unpaired) electrons. The molecule has 0 saturated carbocycles. The van der Waals surface area contributed by atoms with Gasteiger partial charge in [-0.15, -0.1) is 11.8 Å². The summed E-state index contributed by atoms with van der Waals surface area (Å²) in [6.45, 7) is 7.98. The van der Waals surface area contributed by atoms with Gasteiger partial charge in [-0.2, -0.15) is 0 Å². The second-order valence-corrected chi connectivity index (χ2v) is 3.24. The Morgan fingerprint density at radius 1 is 1.60 bits per heavy atom. The van der Waals surface area contributed by atoms with Crippen molar-refractivity contribution in [1.82, 2.24) is 0 Å². The summed E-state index contributed by atoms with van der Waals surface area (Å²) in [6, 6.07) is 0. The number of thioether (sulfide) groups is 1. The normalized spacial score (nSPS) is 11.6. The molecule has 1 heteroatoms. The first-order valence-electron chi connectivity index (χ1n) is 3.77. The standard InChI is InChI=1S/C9H16S/c1-4-7-8-9(5-2)10-6-3/h5-6H,3-4,7-8H2,1-2H3/b9-5-. The number of hydrogen-bond donors (Lipinski definition) is 0.